The Balaban J connectivity index is 2.30. The minimum absolute atomic E-state index is 0.324. The predicted octanol–water partition coefficient (Wildman–Crippen LogP) is 2.81. The highest BCUT2D eigenvalue weighted by atomic mass is 16.5. The van der Waals surface area contributed by atoms with Crippen molar-refractivity contribution < 1.29 is 4.74 Å². The van der Waals surface area contributed by atoms with E-state index in [1.165, 1.54) is 25.7 Å². The fraction of sp³-hybridized carbons (Fsp3) is 0.812. The molecule has 1 fully saturated rings. The highest BCUT2D eigenvalue weighted by Crippen LogP contribution is 2.12. The van der Waals surface area contributed by atoms with Gasteiger partial charge in [0.25, 0.3) is 0 Å². The molecule has 0 amide bonds. The van der Waals surface area contributed by atoms with Gasteiger partial charge in [0, 0.05) is 26.7 Å². The summed E-state index contributed by atoms with van der Waals surface area (Å²) in [4.78, 5) is 6.93. The van der Waals surface area contributed by atoms with Crippen LogP contribution < -0.4 is 5.32 Å². The van der Waals surface area contributed by atoms with Gasteiger partial charge in [0.2, 0.25) is 0 Å². The van der Waals surface area contributed by atoms with Gasteiger partial charge in [0.15, 0.2) is 5.96 Å². The maximum absolute atomic E-state index is 5.62. The zero-order valence-corrected chi connectivity index (χ0v) is 13.2. The van der Waals surface area contributed by atoms with Crippen LogP contribution in [0, 0.1) is 0 Å². The van der Waals surface area contributed by atoms with E-state index in [1.807, 2.05) is 6.08 Å². The molecule has 1 aliphatic rings. The average Bonchev–Trinajstić information content (AvgIpc) is 2.96. The van der Waals surface area contributed by atoms with E-state index in [0.717, 1.165) is 45.0 Å². The molecule has 1 rings (SSSR count). The van der Waals surface area contributed by atoms with E-state index in [1.54, 1.807) is 0 Å². The molecule has 0 radical (unpaired) electrons. The number of allylic oxidation sites excluding steroid dienone is 1. The molecule has 1 aliphatic heterocycles. The summed E-state index contributed by atoms with van der Waals surface area (Å²) in [5.74, 6) is 1.01. The summed E-state index contributed by atoms with van der Waals surface area (Å²) < 4.78 is 5.62. The van der Waals surface area contributed by atoms with E-state index >= 15 is 0 Å². The molecule has 1 atom stereocenters. The monoisotopic (exact) mass is 281 g/mol. The van der Waals surface area contributed by atoms with Crippen LogP contribution in [0.15, 0.2) is 17.6 Å². The highest BCUT2D eigenvalue weighted by Gasteiger charge is 2.15. The molecule has 0 aromatic heterocycles. The van der Waals surface area contributed by atoms with E-state index in [-0.39, 0.29) is 0 Å². The highest BCUT2D eigenvalue weighted by molar-refractivity contribution is 5.79. The number of ether oxygens (including phenoxy) is 1. The van der Waals surface area contributed by atoms with Gasteiger partial charge >= 0.3 is 0 Å². The standard InChI is InChI=1S/C16H31N3O/c1-4-6-7-8-9-12-19(3)16(17-5-2)18-14-15-11-10-13-20-15/h4,15H,1,5-14H2,2-3H3,(H,17,18). The molecule has 20 heavy (non-hydrogen) atoms. The first-order valence-electron chi connectivity index (χ1n) is 7.99. The van der Waals surface area contributed by atoms with Crippen molar-refractivity contribution in [2.75, 3.05) is 33.3 Å². The molecule has 0 bridgehead atoms. The number of nitrogens with one attached hydrogen (secondary N) is 1. The smallest absolute Gasteiger partial charge is 0.193 e. The van der Waals surface area contributed by atoms with Crippen molar-refractivity contribution in [1.82, 2.24) is 10.2 Å². The Labute approximate surface area is 124 Å². The second-order valence-electron chi connectivity index (χ2n) is 5.39. The van der Waals surface area contributed by atoms with Gasteiger partial charge in [-0.05, 0) is 39.0 Å². The maximum atomic E-state index is 5.62. The Bertz CT molecular complexity index is 285. The van der Waals surface area contributed by atoms with Gasteiger partial charge in [-0.25, -0.2) is 0 Å². The van der Waals surface area contributed by atoms with Crippen LogP contribution >= 0.6 is 0 Å². The number of guanidine groups is 1. The van der Waals surface area contributed by atoms with E-state index in [4.69, 9.17) is 9.73 Å². The van der Waals surface area contributed by atoms with Gasteiger partial charge in [-0.2, -0.15) is 0 Å². The van der Waals surface area contributed by atoms with Gasteiger partial charge in [-0.1, -0.05) is 12.5 Å². The van der Waals surface area contributed by atoms with Gasteiger partial charge in [0.05, 0.1) is 12.6 Å². The first-order chi connectivity index (χ1) is 9.77. The molecule has 0 saturated carbocycles. The second-order valence-corrected chi connectivity index (χ2v) is 5.39. The number of nitrogens with zero attached hydrogens (tertiary/aromatic N) is 2. The molecular formula is C16H31N3O. The Morgan fingerprint density at radius 3 is 2.95 bits per heavy atom. The third-order valence-corrected chi connectivity index (χ3v) is 3.57. The number of unbranched alkanes of at least 4 members (excludes halogenated alkanes) is 3. The molecular weight excluding hydrogens is 250 g/mol. The van der Waals surface area contributed by atoms with Crippen LogP contribution in [0.1, 0.15) is 45.4 Å². The summed E-state index contributed by atoms with van der Waals surface area (Å²) >= 11 is 0. The van der Waals surface area contributed by atoms with Crippen LogP contribution in [-0.4, -0.2) is 50.3 Å². The lowest BCUT2D eigenvalue weighted by atomic mass is 10.2. The van der Waals surface area contributed by atoms with Crippen LogP contribution in [0.4, 0.5) is 0 Å². The van der Waals surface area contributed by atoms with Crippen LogP contribution in [0.3, 0.4) is 0 Å². The molecule has 4 heteroatoms. The van der Waals surface area contributed by atoms with Crippen molar-refractivity contribution in [3.63, 3.8) is 0 Å². The SMILES string of the molecule is C=CCCCCCN(C)C(=NCC1CCCO1)NCC. The minimum Gasteiger partial charge on any atom is -0.376 e. The summed E-state index contributed by atoms with van der Waals surface area (Å²) in [6.07, 6.45) is 9.46. The first kappa shape index (κ1) is 17.0. The summed E-state index contributed by atoms with van der Waals surface area (Å²) in [5.41, 5.74) is 0. The summed E-state index contributed by atoms with van der Waals surface area (Å²) in [6, 6.07) is 0. The Kier molecular flexibility index (Phi) is 9.13. The molecule has 4 nitrogen and oxygen atoms in total. The zero-order chi connectivity index (χ0) is 14.6. The van der Waals surface area contributed by atoms with Gasteiger partial charge < -0.3 is 15.0 Å². The van der Waals surface area contributed by atoms with Crippen LogP contribution in [-0.2, 0) is 4.74 Å². The Morgan fingerprint density at radius 1 is 1.45 bits per heavy atom. The number of hydrogen-bond donors (Lipinski definition) is 1. The zero-order valence-electron chi connectivity index (χ0n) is 13.2. The topological polar surface area (TPSA) is 36.9 Å². The minimum atomic E-state index is 0.324. The van der Waals surface area contributed by atoms with Gasteiger partial charge in [-0.15, -0.1) is 6.58 Å². The third-order valence-electron chi connectivity index (χ3n) is 3.57. The molecule has 0 aliphatic carbocycles. The number of rotatable bonds is 9. The molecule has 1 saturated heterocycles. The molecule has 0 aromatic rings. The Hall–Kier alpha value is -1.03. The second kappa shape index (κ2) is 10.7. The van der Waals surface area contributed by atoms with Crippen LogP contribution in [0.25, 0.3) is 0 Å². The lowest BCUT2D eigenvalue weighted by molar-refractivity contribution is 0.117. The maximum Gasteiger partial charge on any atom is 0.193 e. The van der Waals surface area contributed by atoms with Crippen molar-refractivity contribution in [2.45, 2.75) is 51.6 Å². The third kappa shape index (κ3) is 6.94. The van der Waals surface area contributed by atoms with E-state index < -0.39 is 0 Å². The number of aliphatic imine (C=N–C) groups is 1. The molecule has 1 heterocycles. The van der Waals surface area contributed by atoms with Gasteiger partial charge in [0.1, 0.15) is 0 Å². The average molecular weight is 281 g/mol. The molecule has 0 spiro atoms. The van der Waals surface area contributed by atoms with E-state index in [2.05, 4.69) is 30.8 Å². The normalized spacial score (nSPS) is 19.1. The van der Waals surface area contributed by atoms with E-state index in [0.29, 0.717) is 6.10 Å². The molecule has 1 unspecified atom stereocenters. The molecule has 116 valence electrons. The van der Waals surface area contributed by atoms with E-state index in [9.17, 15) is 0 Å². The quantitative estimate of drug-likeness (QED) is 0.306. The number of hydrogen-bond acceptors (Lipinski definition) is 2. The lowest BCUT2D eigenvalue weighted by Crippen LogP contribution is -2.40. The fourth-order valence-electron chi connectivity index (χ4n) is 2.37. The van der Waals surface area contributed by atoms with Crippen molar-refractivity contribution in [2.24, 2.45) is 4.99 Å². The Morgan fingerprint density at radius 2 is 2.30 bits per heavy atom. The van der Waals surface area contributed by atoms with Crippen LogP contribution in [0.2, 0.25) is 0 Å². The van der Waals surface area contributed by atoms with Crippen molar-refractivity contribution >= 4 is 5.96 Å². The predicted molar refractivity (Wildman–Crippen MR) is 86.2 cm³/mol. The first-order valence-corrected chi connectivity index (χ1v) is 7.99. The van der Waals surface area contributed by atoms with Crippen molar-refractivity contribution in [3.05, 3.63) is 12.7 Å². The van der Waals surface area contributed by atoms with Gasteiger partial charge in [-0.3, -0.25) is 4.99 Å². The molecule has 0 aromatic carbocycles. The van der Waals surface area contributed by atoms with Crippen molar-refractivity contribution in [1.29, 1.82) is 0 Å². The summed E-state index contributed by atoms with van der Waals surface area (Å²) in [5, 5.41) is 3.36. The fourth-order valence-corrected chi connectivity index (χ4v) is 2.37. The summed E-state index contributed by atoms with van der Waals surface area (Å²) in [6.45, 7) is 9.50. The summed E-state index contributed by atoms with van der Waals surface area (Å²) in [7, 11) is 2.12. The van der Waals surface area contributed by atoms with Crippen molar-refractivity contribution in [3.8, 4) is 0 Å². The molecule has 1 N–H and O–H groups in total. The van der Waals surface area contributed by atoms with Crippen LogP contribution in [0.5, 0.6) is 0 Å². The lowest BCUT2D eigenvalue weighted by Gasteiger charge is -2.22. The largest absolute Gasteiger partial charge is 0.376 e.